The van der Waals surface area contributed by atoms with Crippen LogP contribution in [0, 0.1) is 0 Å². The summed E-state index contributed by atoms with van der Waals surface area (Å²) in [4.78, 5) is 0. The summed E-state index contributed by atoms with van der Waals surface area (Å²) in [7, 11) is 0. The van der Waals surface area contributed by atoms with Gasteiger partial charge < -0.3 is 15.4 Å². The van der Waals surface area contributed by atoms with Crippen LogP contribution in [0.5, 0.6) is 5.88 Å². The van der Waals surface area contributed by atoms with Crippen LogP contribution in [0.15, 0.2) is 24.4 Å². The minimum atomic E-state index is -2.87. The van der Waals surface area contributed by atoms with Crippen LogP contribution >= 0.6 is 0 Å². The van der Waals surface area contributed by atoms with E-state index in [1.54, 1.807) is 18.2 Å². The van der Waals surface area contributed by atoms with Crippen molar-refractivity contribution >= 4 is 16.5 Å². The van der Waals surface area contributed by atoms with Crippen LogP contribution in [0.25, 0.3) is 10.8 Å². The summed E-state index contributed by atoms with van der Waals surface area (Å²) in [5.74, 6) is -3.09. The summed E-state index contributed by atoms with van der Waals surface area (Å²) in [6.45, 7) is 0.243. The van der Waals surface area contributed by atoms with Crippen molar-refractivity contribution in [1.29, 1.82) is 0 Å². The maximum absolute atomic E-state index is 12.9. The highest BCUT2D eigenvalue weighted by Crippen LogP contribution is 2.33. The third-order valence-electron chi connectivity index (χ3n) is 2.37. The maximum atomic E-state index is 12.9. The zero-order valence-corrected chi connectivity index (χ0v) is 8.74. The van der Waals surface area contributed by atoms with Crippen molar-refractivity contribution in [1.82, 2.24) is 4.57 Å². The molecule has 0 unspecified atom stereocenters. The van der Waals surface area contributed by atoms with Crippen LogP contribution in [0.3, 0.4) is 0 Å². The van der Waals surface area contributed by atoms with E-state index in [0.29, 0.717) is 16.5 Å². The van der Waals surface area contributed by atoms with Crippen LogP contribution in [-0.4, -0.2) is 15.6 Å². The lowest BCUT2D eigenvalue weighted by molar-refractivity contribution is 0.00237. The van der Waals surface area contributed by atoms with Gasteiger partial charge in [0.2, 0.25) is 5.88 Å². The number of halogens is 2. The molecule has 0 fully saturated rings. The molecule has 5 heteroatoms. The fraction of sp³-hybridized carbons (Fsp3) is 0.273. The lowest BCUT2D eigenvalue weighted by atomic mass is 10.2. The van der Waals surface area contributed by atoms with E-state index in [4.69, 9.17) is 5.73 Å². The fourth-order valence-corrected chi connectivity index (χ4v) is 1.75. The molecular weight excluding hydrogens is 214 g/mol. The lowest BCUT2D eigenvalue weighted by Crippen LogP contribution is -2.18. The Morgan fingerprint density at radius 2 is 2.12 bits per heavy atom. The molecule has 1 aromatic carbocycles. The lowest BCUT2D eigenvalue weighted by Gasteiger charge is -2.11. The van der Waals surface area contributed by atoms with Gasteiger partial charge in [-0.05, 0) is 6.07 Å². The number of nitrogens with zero attached hydrogens (tertiary/aromatic N) is 1. The van der Waals surface area contributed by atoms with Gasteiger partial charge in [0.05, 0.1) is 11.9 Å². The molecule has 3 N–H and O–H groups in total. The summed E-state index contributed by atoms with van der Waals surface area (Å²) in [6.07, 6.45) is 1.47. The summed E-state index contributed by atoms with van der Waals surface area (Å²) in [6, 6.07) is 5.05. The average Bonchev–Trinajstić information content (AvgIpc) is 2.42. The second kappa shape index (κ2) is 3.37. The number of hydrogen-bond donors (Lipinski definition) is 2. The zero-order chi connectivity index (χ0) is 11.9. The van der Waals surface area contributed by atoms with Gasteiger partial charge in [-0.15, -0.1) is 0 Å². The molecule has 0 saturated heterocycles. The standard InChI is InChI=1S/C11H12F2N2O/c1-11(12,13)6-15-5-7-3-2-4-8(14)9(7)10(15)16/h2-5,16H,6,14H2,1H3. The highest BCUT2D eigenvalue weighted by atomic mass is 19.3. The van der Waals surface area contributed by atoms with Crippen molar-refractivity contribution in [2.24, 2.45) is 0 Å². The number of benzene rings is 1. The number of hydrogen-bond acceptors (Lipinski definition) is 2. The monoisotopic (exact) mass is 226 g/mol. The van der Waals surface area contributed by atoms with Crippen molar-refractivity contribution in [3.63, 3.8) is 0 Å². The van der Waals surface area contributed by atoms with Crippen LogP contribution in [0.4, 0.5) is 14.5 Å². The van der Waals surface area contributed by atoms with Gasteiger partial charge in [-0.2, -0.15) is 0 Å². The number of nitrogens with two attached hydrogens (primary N) is 1. The molecular formula is C11H12F2N2O. The first-order valence-corrected chi connectivity index (χ1v) is 4.82. The van der Waals surface area contributed by atoms with E-state index >= 15 is 0 Å². The molecule has 0 atom stereocenters. The molecule has 0 bridgehead atoms. The van der Waals surface area contributed by atoms with Gasteiger partial charge in [0.25, 0.3) is 5.92 Å². The summed E-state index contributed by atoms with van der Waals surface area (Å²) in [5.41, 5.74) is 6.06. The van der Waals surface area contributed by atoms with Crippen molar-refractivity contribution in [2.75, 3.05) is 5.73 Å². The molecule has 2 rings (SSSR count). The zero-order valence-electron chi connectivity index (χ0n) is 8.74. The molecule has 1 aromatic heterocycles. The number of aromatic nitrogens is 1. The molecule has 0 aliphatic carbocycles. The van der Waals surface area contributed by atoms with E-state index in [9.17, 15) is 13.9 Å². The molecule has 1 heterocycles. The third kappa shape index (κ3) is 1.80. The predicted molar refractivity (Wildman–Crippen MR) is 58.6 cm³/mol. The van der Waals surface area contributed by atoms with E-state index < -0.39 is 12.5 Å². The van der Waals surface area contributed by atoms with Gasteiger partial charge in [-0.3, -0.25) is 0 Å². The van der Waals surface area contributed by atoms with E-state index in [1.807, 2.05) is 0 Å². The van der Waals surface area contributed by atoms with E-state index in [0.717, 1.165) is 11.5 Å². The van der Waals surface area contributed by atoms with Gasteiger partial charge in [0.15, 0.2) is 0 Å². The predicted octanol–water partition coefficient (Wildman–Crippen LogP) is 2.58. The maximum Gasteiger partial charge on any atom is 0.263 e. The normalized spacial score (nSPS) is 12.2. The van der Waals surface area contributed by atoms with Crippen molar-refractivity contribution in [3.05, 3.63) is 24.4 Å². The third-order valence-corrected chi connectivity index (χ3v) is 2.37. The smallest absolute Gasteiger partial charge is 0.263 e. The fourth-order valence-electron chi connectivity index (χ4n) is 1.75. The highest BCUT2D eigenvalue weighted by molar-refractivity contribution is 5.97. The molecule has 86 valence electrons. The minimum Gasteiger partial charge on any atom is -0.494 e. The van der Waals surface area contributed by atoms with Gasteiger partial charge in [0, 0.05) is 24.2 Å². The molecule has 0 amide bonds. The Morgan fingerprint density at radius 3 is 2.69 bits per heavy atom. The molecule has 16 heavy (non-hydrogen) atoms. The Labute approximate surface area is 91.1 Å². The summed E-state index contributed by atoms with van der Waals surface area (Å²) >= 11 is 0. The summed E-state index contributed by atoms with van der Waals surface area (Å²) in [5, 5.41) is 10.9. The number of rotatable bonds is 2. The van der Waals surface area contributed by atoms with Gasteiger partial charge >= 0.3 is 0 Å². The molecule has 0 aliphatic heterocycles. The number of nitrogen functional groups attached to an aromatic ring is 1. The van der Waals surface area contributed by atoms with Crippen LogP contribution < -0.4 is 5.73 Å². The van der Waals surface area contributed by atoms with E-state index in [2.05, 4.69) is 0 Å². The number of fused-ring (bicyclic) bond motifs is 1. The second-order valence-electron chi connectivity index (χ2n) is 3.96. The van der Waals surface area contributed by atoms with Crippen molar-refractivity contribution in [2.45, 2.75) is 19.4 Å². The second-order valence-corrected chi connectivity index (χ2v) is 3.96. The largest absolute Gasteiger partial charge is 0.494 e. The Hall–Kier alpha value is -1.78. The van der Waals surface area contributed by atoms with Gasteiger partial charge in [-0.1, -0.05) is 12.1 Å². The van der Waals surface area contributed by atoms with Crippen LogP contribution in [0.2, 0.25) is 0 Å². The van der Waals surface area contributed by atoms with Gasteiger partial charge in [-0.25, -0.2) is 8.78 Å². The molecule has 0 saturated carbocycles. The Morgan fingerprint density at radius 1 is 1.44 bits per heavy atom. The SMILES string of the molecule is CC(F)(F)Cn1cc2cccc(N)c2c1O. The van der Waals surface area contributed by atoms with Gasteiger partial charge in [0.1, 0.15) is 0 Å². The Balaban J connectivity index is 2.57. The summed E-state index contributed by atoms with van der Waals surface area (Å²) < 4.78 is 26.8. The Kier molecular flexibility index (Phi) is 2.26. The number of anilines is 1. The molecule has 2 aromatic rings. The first-order chi connectivity index (χ1) is 7.38. The van der Waals surface area contributed by atoms with Crippen LogP contribution in [0.1, 0.15) is 6.92 Å². The van der Waals surface area contributed by atoms with E-state index in [1.165, 1.54) is 6.20 Å². The topological polar surface area (TPSA) is 51.2 Å². The highest BCUT2D eigenvalue weighted by Gasteiger charge is 2.24. The van der Waals surface area contributed by atoms with Crippen molar-refractivity contribution in [3.8, 4) is 5.88 Å². The quantitative estimate of drug-likeness (QED) is 0.773. The molecule has 0 spiro atoms. The van der Waals surface area contributed by atoms with Crippen molar-refractivity contribution < 1.29 is 13.9 Å². The molecule has 0 radical (unpaired) electrons. The number of aromatic hydroxyl groups is 1. The molecule has 3 nitrogen and oxygen atoms in total. The van der Waals surface area contributed by atoms with Crippen LogP contribution in [-0.2, 0) is 6.54 Å². The minimum absolute atomic E-state index is 0.213. The molecule has 0 aliphatic rings. The average molecular weight is 226 g/mol. The Bertz CT molecular complexity index is 528. The van der Waals surface area contributed by atoms with E-state index in [-0.39, 0.29) is 5.88 Å². The number of alkyl halides is 2. The first-order valence-electron chi connectivity index (χ1n) is 4.82. The first kappa shape index (κ1) is 10.7.